The molecule has 1 aliphatic heterocycles. The van der Waals surface area contributed by atoms with E-state index in [2.05, 4.69) is 16.9 Å². The number of thiophene rings is 1. The van der Waals surface area contributed by atoms with Crippen LogP contribution in [-0.4, -0.2) is 52.5 Å². The molecule has 170 valence electrons. The molecule has 2 aliphatic rings. The van der Waals surface area contributed by atoms with Crippen molar-refractivity contribution >= 4 is 49.1 Å². The summed E-state index contributed by atoms with van der Waals surface area (Å²) in [5.41, 5.74) is 1.34. The number of carbonyl (C=O) groups is 1. The second-order valence-electron chi connectivity index (χ2n) is 8.66. The lowest BCUT2D eigenvalue weighted by Gasteiger charge is -2.27. The number of fused-ring (bicyclic) bond motifs is 3. The number of aryl methyl sites for hydroxylation is 1. The summed E-state index contributed by atoms with van der Waals surface area (Å²) in [5.74, 6) is 1.57. The molecule has 2 atom stereocenters. The van der Waals surface area contributed by atoms with Crippen LogP contribution in [0.25, 0.3) is 10.2 Å². The highest BCUT2D eigenvalue weighted by Gasteiger charge is 2.35. The Kier molecular flexibility index (Phi) is 6.02. The number of thioether (sulfide) groups is 1. The summed E-state index contributed by atoms with van der Waals surface area (Å²) in [7, 11) is -3.11. The maximum absolute atomic E-state index is 13.3. The summed E-state index contributed by atoms with van der Waals surface area (Å²) >= 11 is 3.16. The molecule has 4 heterocycles. The highest BCUT2D eigenvalue weighted by molar-refractivity contribution is 8.00. The number of nitrogens with zero attached hydrogens (tertiary/aromatic N) is 3. The molecular formula is C22H25N3O4S3. The first-order valence-electron chi connectivity index (χ1n) is 10.8. The van der Waals surface area contributed by atoms with Gasteiger partial charge >= 0.3 is 0 Å². The Balaban J connectivity index is 1.37. The Morgan fingerprint density at radius 1 is 1.34 bits per heavy atom. The normalized spacial score (nSPS) is 22.2. The average molecular weight is 492 g/mol. The number of aromatic nitrogens is 2. The first-order valence-corrected chi connectivity index (χ1v) is 14.4. The summed E-state index contributed by atoms with van der Waals surface area (Å²) in [6.45, 7) is 2.56. The SMILES string of the molecule is C[C@H]1CCc2c(sc3ncnc(SCC(=O)N(Cc4ccco4)[C@@H]4CCS(=O)(=O)C4)c23)C1. The number of carbonyl (C=O) groups excluding carboxylic acids is 1. The van der Waals surface area contributed by atoms with Crippen LogP contribution in [0.1, 0.15) is 36.0 Å². The van der Waals surface area contributed by atoms with Gasteiger partial charge in [0.05, 0.1) is 30.1 Å². The van der Waals surface area contributed by atoms with E-state index in [0.717, 1.165) is 34.5 Å². The van der Waals surface area contributed by atoms with Crippen LogP contribution in [0.4, 0.5) is 0 Å². The van der Waals surface area contributed by atoms with Gasteiger partial charge in [0.15, 0.2) is 9.84 Å². The van der Waals surface area contributed by atoms with Crippen molar-refractivity contribution in [2.24, 2.45) is 5.92 Å². The van der Waals surface area contributed by atoms with Gasteiger partial charge in [0, 0.05) is 16.3 Å². The fraction of sp³-hybridized carbons (Fsp3) is 0.500. The van der Waals surface area contributed by atoms with Gasteiger partial charge in [0.2, 0.25) is 5.91 Å². The maximum atomic E-state index is 13.3. The summed E-state index contributed by atoms with van der Waals surface area (Å²) in [6.07, 6.45) is 6.86. The van der Waals surface area contributed by atoms with Crippen LogP contribution in [-0.2, 0) is 34.0 Å². The molecule has 3 aromatic heterocycles. The monoisotopic (exact) mass is 491 g/mol. The summed E-state index contributed by atoms with van der Waals surface area (Å²) < 4.78 is 29.5. The minimum absolute atomic E-state index is 0.0120. The molecule has 7 nitrogen and oxygen atoms in total. The van der Waals surface area contributed by atoms with Gasteiger partial charge in [-0.3, -0.25) is 4.79 Å². The zero-order valence-corrected chi connectivity index (χ0v) is 20.3. The molecule has 1 amide bonds. The van der Waals surface area contributed by atoms with Crippen LogP contribution in [0.2, 0.25) is 0 Å². The van der Waals surface area contributed by atoms with E-state index >= 15 is 0 Å². The first-order chi connectivity index (χ1) is 15.4. The van der Waals surface area contributed by atoms with Gasteiger partial charge in [-0.05, 0) is 49.3 Å². The highest BCUT2D eigenvalue weighted by atomic mass is 32.2. The lowest BCUT2D eigenvalue weighted by atomic mass is 9.89. The van der Waals surface area contributed by atoms with E-state index in [0.29, 0.717) is 18.1 Å². The molecule has 0 N–H and O–H groups in total. The van der Waals surface area contributed by atoms with Crippen molar-refractivity contribution in [2.75, 3.05) is 17.3 Å². The Labute approximate surface area is 195 Å². The van der Waals surface area contributed by atoms with Crippen LogP contribution in [0.5, 0.6) is 0 Å². The van der Waals surface area contributed by atoms with Crippen molar-refractivity contribution < 1.29 is 17.6 Å². The van der Waals surface area contributed by atoms with E-state index in [1.807, 2.05) is 6.07 Å². The molecule has 1 aliphatic carbocycles. The average Bonchev–Trinajstić information content (AvgIpc) is 3.48. The van der Waals surface area contributed by atoms with Crippen LogP contribution in [0.3, 0.4) is 0 Å². The standard InChI is InChI=1S/C22H25N3O4S3/c1-14-4-5-17-18(9-14)31-22-20(17)21(23-13-24-22)30-11-19(26)25(10-16-3-2-7-29-16)15-6-8-32(27,28)12-15/h2-3,7,13-15H,4-6,8-12H2,1H3/t14-,15+/m0/s1. The van der Waals surface area contributed by atoms with Gasteiger partial charge in [0.25, 0.3) is 0 Å². The Morgan fingerprint density at radius 3 is 2.97 bits per heavy atom. The predicted molar refractivity (Wildman–Crippen MR) is 126 cm³/mol. The number of amides is 1. The van der Waals surface area contributed by atoms with Crippen molar-refractivity contribution in [1.29, 1.82) is 0 Å². The van der Waals surface area contributed by atoms with Crippen LogP contribution >= 0.6 is 23.1 Å². The number of hydrogen-bond donors (Lipinski definition) is 0. The number of hydrogen-bond acceptors (Lipinski definition) is 8. The number of rotatable bonds is 6. The molecule has 1 fully saturated rings. The molecule has 5 rings (SSSR count). The van der Waals surface area contributed by atoms with Crippen molar-refractivity contribution in [3.8, 4) is 0 Å². The van der Waals surface area contributed by atoms with E-state index in [1.54, 1.807) is 34.9 Å². The lowest BCUT2D eigenvalue weighted by molar-refractivity contribution is -0.131. The van der Waals surface area contributed by atoms with Crippen molar-refractivity contribution in [1.82, 2.24) is 14.9 Å². The quantitative estimate of drug-likeness (QED) is 0.383. The largest absolute Gasteiger partial charge is 0.467 e. The molecule has 3 aromatic rings. The predicted octanol–water partition coefficient (Wildman–Crippen LogP) is 3.72. The van der Waals surface area contributed by atoms with Crippen molar-refractivity contribution in [2.45, 2.75) is 50.2 Å². The zero-order chi connectivity index (χ0) is 22.3. The third-order valence-electron chi connectivity index (χ3n) is 6.27. The topological polar surface area (TPSA) is 93.4 Å². The molecule has 10 heteroatoms. The maximum Gasteiger partial charge on any atom is 0.233 e. The second-order valence-corrected chi connectivity index (χ2v) is 12.9. The fourth-order valence-electron chi connectivity index (χ4n) is 4.58. The van der Waals surface area contributed by atoms with Crippen LogP contribution in [0, 0.1) is 5.92 Å². The lowest BCUT2D eigenvalue weighted by Crippen LogP contribution is -2.41. The Bertz CT molecular complexity index is 1240. The number of furan rings is 1. The Hall–Kier alpha value is -1.91. The summed E-state index contributed by atoms with van der Waals surface area (Å²) in [5, 5.41) is 1.94. The van der Waals surface area contributed by atoms with Gasteiger partial charge in [-0.2, -0.15) is 0 Å². The Morgan fingerprint density at radius 2 is 2.22 bits per heavy atom. The van der Waals surface area contributed by atoms with E-state index < -0.39 is 9.84 Å². The van der Waals surface area contributed by atoms with Crippen LogP contribution < -0.4 is 0 Å². The van der Waals surface area contributed by atoms with Gasteiger partial charge < -0.3 is 9.32 Å². The number of sulfone groups is 1. The second kappa shape index (κ2) is 8.79. The van der Waals surface area contributed by atoms with Gasteiger partial charge in [-0.1, -0.05) is 18.7 Å². The van der Waals surface area contributed by atoms with E-state index in [-0.39, 0.29) is 35.8 Å². The minimum Gasteiger partial charge on any atom is -0.467 e. The van der Waals surface area contributed by atoms with E-state index in [4.69, 9.17) is 4.42 Å². The molecule has 0 spiro atoms. The molecule has 1 saturated heterocycles. The third-order valence-corrected chi connectivity index (χ3v) is 10.2. The van der Waals surface area contributed by atoms with E-state index in [9.17, 15) is 13.2 Å². The zero-order valence-electron chi connectivity index (χ0n) is 17.8. The van der Waals surface area contributed by atoms with Crippen molar-refractivity contribution in [3.63, 3.8) is 0 Å². The molecule has 0 saturated carbocycles. The van der Waals surface area contributed by atoms with Crippen molar-refractivity contribution in [3.05, 3.63) is 40.9 Å². The highest BCUT2D eigenvalue weighted by Crippen LogP contribution is 2.40. The molecule has 0 radical (unpaired) electrons. The molecule has 32 heavy (non-hydrogen) atoms. The first kappa shape index (κ1) is 21.9. The van der Waals surface area contributed by atoms with Gasteiger partial charge in [-0.25, -0.2) is 18.4 Å². The molecular weight excluding hydrogens is 466 g/mol. The van der Waals surface area contributed by atoms with Gasteiger partial charge in [0.1, 0.15) is 21.9 Å². The third kappa shape index (κ3) is 4.45. The van der Waals surface area contributed by atoms with E-state index in [1.165, 1.54) is 22.2 Å². The van der Waals surface area contributed by atoms with Gasteiger partial charge in [-0.15, -0.1) is 11.3 Å². The van der Waals surface area contributed by atoms with Crippen LogP contribution in [0.15, 0.2) is 34.2 Å². The minimum atomic E-state index is -3.11. The molecule has 0 aromatic carbocycles. The summed E-state index contributed by atoms with van der Waals surface area (Å²) in [4.78, 5) is 26.3. The molecule has 0 unspecified atom stereocenters. The smallest absolute Gasteiger partial charge is 0.233 e. The fourth-order valence-corrected chi connectivity index (χ4v) is 8.64. The summed E-state index contributed by atoms with van der Waals surface area (Å²) in [6, 6.07) is 3.26. The molecule has 0 bridgehead atoms.